The Labute approximate surface area is 83.3 Å². The van der Waals surface area contributed by atoms with Crippen molar-refractivity contribution in [2.75, 3.05) is 25.9 Å². The molecule has 0 aliphatic carbocycles. The summed E-state index contributed by atoms with van der Waals surface area (Å²) in [7, 11) is 2.12. The van der Waals surface area contributed by atoms with Crippen LogP contribution in [0.2, 0.25) is 5.02 Å². The topological polar surface area (TPSA) is 29.3 Å². The fraction of sp³-hybridized carbons (Fsp3) is 0.400. The highest BCUT2D eigenvalue weighted by molar-refractivity contribution is 6.33. The molecule has 1 aromatic rings. The van der Waals surface area contributed by atoms with Crippen molar-refractivity contribution in [2.24, 2.45) is 0 Å². The summed E-state index contributed by atoms with van der Waals surface area (Å²) in [6.45, 7) is 2.25. The van der Waals surface area contributed by atoms with Gasteiger partial charge in [-0.25, -0.2) is 0 Å². The van der Waals surface area contributed by atoms with Crippen LogP contribution in [0.5, 0.6) is 0 Å². The Bertz CT molecular complexity index is 319. The van der Waals surface area contributed by atoms with E-state index in [0.29, 0.717) is 16.6 Å². The second-order valence-corrected chi connectivity index (χ2v) is 4.11. The van der Waals surface area contributed by atoms with Gasteiger partial charge in [0.1, 0.15) is 0 Å². The SMILES string of the molecule is CN1CC(c2ccc(Cl)c(N)c2)C1. The molecule has 1 saturated heterocycles. The molecule has 3 heteroatoms. The first-order chi connectivity index (χ1) is 6.16. The maximum absolute atomic E-state index is 5.84. The number of nitrogens with two attached hydrogens (primary N) is 1. The third-order valence-corrected chi connectivity index (χ3v) is 2.90. The van der Waals surface area contributed by atoms with Gasteiger partial charge in [0.25, 0.3) is 0 Å². The molecule has 70 valence electrons. The molecule has 0 aromatic heterocycles. The number of likely N-dealkylation sites (N-methyl/N-ethyl adjacent to an activating group) is 1. The molecule has 0 radical (unpaired) electrons. The quantitative estimate of drug-likeness (QED) is 0.696. The van der Waals surface area contributed by atoms with Gasteiger partial charge in [-0.2, -0.15) is 0 Å². The average molecular weight is 197 g/mol. The van der Waals surface area contributed by atoms with Crippen molar-refractivity contribution in [1.82, 2.24) is 4.90 Å². The van der Waals surface area contributed by atoms with Gasteiger partial charge < -0.3 is 10.6 Å². The Morgan fingerprint density at radius 2 is 2.15 bits per heavy atom. The van der Waals surface area contributed by atoms with E-state index in [9.17, 15) is 0 Å². The molecule has 2 nitrogen and oxygen atoms in total. The van der Waals surface area contributed by atoms with Gasteiger partial charge in [-0.05, 0) is 24.7 Å². The van der Waals surface area contributed by atoms with Crippen molar-refractivity contribution in [3.8, 4) is 0 Å². The van der Waals surface area contributed by atoms with Crippen molar-refractivity contribution in [1.29, 1.82) is 0 Å². The van der Waals surface area contributed by atoms with Gasteiger partial charge >= 0.3 is 0 Å². The summed E-state index contributed by atoms with van der Waals surface area (Å²) in [6, 6.07) is 5.93. The number of benzene rings is 1. The standard InChI is InChI=1S/C10H13ClN2/c1-13-5-8(6-13)7-2-3-9(11)10(12)4-7/h2-4,8H,5-6,12H2,1H3. The fourth-order valence-corrected chi connectivity index (χ4v) is 1.84. The predicted molar refractivity (Wildman–Crippen MR) is 56.1 cm³/mol. The van der Waals surface area contributed by atoms with E-state index >= 15 is 0 Å². The van der Waals surface area contributed by atoms with E-state index in [1.165, 1.54) is 5.56 Å². The lowest BCUT2D eigenvalue weighted by Crippen LogP contribution is -2.41. The van der Waals surface area contributed by atoms with E-state index in [2.05, 4.69) is 18.0 Å². The van der Waals surface area contributed by atoms with Crippen LogP contribution in [0.15, 0.2) is 18.2 Å². The zero-order valence-corrected chi connectivity index (χ0v) is 8.38. The van der Waals surface area contributed by atoms with Crippen molar-refractivity contribution in [3.05, 3.63) is 28.8 Å². The van der Waals surface area contributed by atoms with Crippen LogP contribution in [0.25, 0.3) is 0 Å². The third-order valence-electron chi connectivity index (χ3n) is 2.56. The van der Waals surface area contributed by atoms with Crippen LogP contribution in [0.1, 0.15) is 11.5 Å². The highest BCUT2D eigenvalue weighted by Crippen LogP contribution is 2.29. The lowest BCUT2D eigenvalue weighted by Gasteiger charge is -2.36. The zero-order valence-electron chi connectivity index (χ0n) is 7.63. The van der Waals surface area contributed by atoms with Crippen molar-refractivity contribution >= 4 is 17.3 Å². The van der Waals surface area contributed by atoms with Gasteiger partial charge in [0.05, 0.1) is 10.7 Å². The molecular formula is C10H13ClN2. The van der Waals surface area contributed by atoms with E-state index in [0.717, 1.165) is 13.1 Å². The zero-order chi connectivity index (χ0) is 9.42. The number of hydrogen-bond donors (Lipinski definition) is 1. The number of likely N-dealkylation sites (tertiary alicyclic amines) is 1. The Morgan fingerprint density at radius 1 is 1.46 bits per heavy atom. The molecule has 1 heterocycles. The first kappa shape index (κ1) is 8.85. The smallest absolute Gasteiger partial charge is 0.0635 e. The molecular weight excluding hydrogens is 184 g/mol. The predicted octanol–water partition coefficient (Wildman–Crippen LogP) is 1.95. The molecule has 1 aliphatic heterocycles. The minimum atomic E-state index is 0.643. The highest BCUT2D eigenvalue weighted by atomic mass is 35.5. The van der Waals surface area contributed by atoms with E-state index in [1.54, 1.807) is 0 Å². The molecule has 13 heavy (non-hydrogen) atoms. The van der Waals surface area contributed by atoms with Gasteiger partial charge in [-0.3, -0.25) is 0 Å². The summed E-state index contributed by atoms with van der Waals surface area (Å²) in [4.78, 5) is 2.29. The number of anilines is 1. The van der Waals surface area contributed by atoms with Crippen molar-refractivity contribution in [2.45, 2.75) is 5.92 Å². The first-order valence-corrected chi connectivity index (χ1v) is 4.78. The molecule has 0 bridgehead atoms. The molecule has 0 unspecified atom stereocenters. The first-order valence-electron chi connectivity index (χ1n) is 4.40. The molecule has 1 aliphatic rings. The van der Waals surface area contributed by atoms with Crippen LogP contribution in [-0.4, -0.2) is 25.0 Å². The van der Waals surface area contributed by atoms with Gasteiger partial charge in [0.15, 0.2) is 0 Å². The molecule has 0 saturated carbocycles. The van der Waals surface area contributed by atoms with Crippen LogP contribution in [-0.2, 0) is 0 Å². The number of hydrogen-bond acceptors (Lipinski definition) is 2. The Kier molecular flexibility index (Phi) is 2.18. The molecule has 2 N–H and O–H groups in total. The summed E-state index contributed by atoms with van der Waals surface area (Å²) in [5.41, 5.74) is 7.72. The molecule has 2 rings (SSSR count). The maximum atomic E-state index is 5.84. The number of nitrogens with zero attached hydrogens (tertiary/aromatic N) is 1. The molecule has 1 aromatic carbocycles. The van der Waals surface area contributed by atoms with E-state index in [1.807, 2.05) is 12.1 Å². The van der Waals surface area contributed by atoms with Crippen LogP contribution in [0.4, 0.5) is 5.69 Å². The fourth-order valence-electron chi connectivity index (χ4n) is 1.73. The summed E-state index contributed by atoms with van der Waals surface area (Å²) < 4.78 is 0. The van der Waals surface area contributed by atoms with E-state index in [4.69, 9.17) is 17.3 Å². The van der Waals surface area contributed by atoms with E-state index < -0.39 is 0 Å². The molecule has 1 fully saturated rings. The number of nitrogen functional groups attached to an aromatic ring is 1. The van der Waals surface area contributed by atoms with Gasteiger partial charge in [-0.15, -0.1) is 0 Å². The van der Waals surface area contributed by atoms with Crippen LogP contribution >= 0.6 is 11.6 Å². The molecule has 0 atom stereocenters. The Morgan fingerprint density at radius 3 is 2.69 bits per heavy atom. The molecule has 0 amide bonds. The second-order valence-electron chi connectivity index (χ2n) is 3.70. The third kappa shape index (κ3) is 1.64. The minimum Gasteiger partial charge on any atom is -0.398 e. The summed E-state index contributed by atoms with van der Waals surface area (Å²) in [5, 5.41) is 0.649. The molecule has 0 spiro atoms. The van der Waals surface area contributed by atoms with Gasteiger partial charge in [-0.1, -0.05) is 17.7 Å². The largest absolute Gasteiger partial charge is 0.398 e. The Hall–Kier alpha value is -0.730. The summed E-state index contributed by atoms with van der Waals surface area (Å²) in [5.74, 6) is 0.643. The van der Waals surface area contributed by atoms with E-state index in [-0.39, 0.29) is 0 Å². The van der Waals surface area contributed by atoms with Crippen LogP contribution in [0, 0.1) is 0 Å². The minimum absolute atomic E-state index is 0.643. The number of rotatable bonds is 1. The van der Waals surface area contributed by atoms with Gasteiger partial charge in [0, 0.05) is 19.0 Å². The van der Waals surface area contributed by atoms with Gasteiger partial charge in [0.2, 0.25) is 0 Å². The lowest BCUT2D eigenvalue weighted by molar-refractivity contribution is 0.190. The average Bonchev–Trinajstić information content (AvgIpc) is 2.05. The number of halogens is 1. The van der Waals surface area contributed by atoms with Crippen LogP contribution in [0.3, 0.4) is 0 Å². The summed E-state index contributed by atoms with van der Waals surface area (Å²) in [6.07, 6.45) is 0. The normalized spacial score (nSPS) is 18.6. The van der Waals surface area contributed by atoms with Crippen molar-refractivity contribution in [3.63, 3.8) is 0 Å². The van der Waals surface area contributed by atoms with Crippen molar-refractivity contribution < 1.29 is 0 Å². The highest BCUT2D eigenvalue weighted by Gasteiger charge is 2.24. The monoisotopic (exact) mass is 196 g/mol. The maximum Gasteiger partial charge on any atom is 0.0635 e. The summed E-state index contributed by atoms with van der Waals surface area (Å²) >= 11 is 5.84. The van der Waals surface area contributed by atoms with Crippen LogP contribution < -0.4 is 5.73 Å². The second kappa shape index (κ2) is 3.20. The Balaban J connectivity index is 2.18. The lowest BCUT2D eigenvalue weighted by atomic mass is 9.92.